The van der Waals surface area contributed by atoms with Gasteiger partial charge in [-0.15, -0.1) is 0 Å². The molecule has 0 radical (unpaired) electrons. The smallest absolute Gasteiger partial charge is 0.312 e. The van der Waals surface area contributed by atoms with Crippen LogP contribution >= 0.6 is 0 Å². The highest BCUT2D eigenvalue weighted by atomic mass is 16.2. The van der Waals surface area contributed by atoms with E-state index in [4.69, 9.17) is 11.5 Å². The molecule has 0 aromatic carbocycles. The predicted octanol–water partition coefficient (Wildman–Crippen LogP) is -0.608. The lowest BCUT2D eigenvalue weighted by molar-refractivity contribution is 0.245. The summed E-state index contributed by atoms with van der Waals surface area (Å²) in [5.41, 5.74) is 10.1. The van der Waals surface area contributed by atoms with Crippen LogP contribution in [0.5, 0.6) is 0 Å². The van der Waals surface area contributed by atoms with E-state index in [1.807, 2.05) is 6.92 Å². The molecule has 0 spiro atoms. The maximum Gasteiger partial charge on any atom is 0.312 e. The van der Waals surface area contributed by atoms with E-state index in [0.29, 0.717) is 6.54 Å². The van der Waals surface area contributed by atoms with Gasteiger partial charge in [-0.2, -0.15) is 0 Å². The molecule has 9 heavy (non-hydrogen) atoms. The zero-order valence-electron chi connectivity index (χ0n) is 5.55. The molecule has 0 rings (SSSR count). The van der Waals surface area contributed by atoms with E-state index in [9.17, 15) is 4.79 Å². The van der Waals surface area contributed by atoms with Crippen LogP contribution in [0.2, 0.25) is 0 Å². The molecule has 4 heteroatoms. The Morgan fingerprint density at radius 1 is 1.78 bits per heavy atom. The molecule has 0 aliphatic rings. The lowest BCUT2D eigenvalue weighted by atomic mass is 10.2. The maximum atomic E-state index is 10.2. The largest absolute Gasteiger partial charge is 0.352 e. The van der Waals surface area contributed by atoms with Crippen LogP contribution in [0.4, 0.5) is 4.79 Å². The molecule has 1 unspecified atom stereocenters. The summed E-state index contributed by atoms with van der Waals surface area (Å²) in [6.45, 7) is 2.38. The second kappa shape index (κ2) is 4.14. The highest BCUT2D eigenvalue weighted by Gasteiger charge is 2.02. The maximum absolute atomic E-state index is 10.2. The third-order valence-corrected chi connectivity index (χ3v) is 1.12. The Kier molecular flexibility index (Phi) is 3.79. The van der Waals surface area contributed by atoms with Crippen LogP contribution in [0.15, 0.2) is 0 Å². The minimum absolute atomic E-state index is 0.0301. The number of urea groups is 1. The van der Waals surface area contributed by atoms with Gasteiger partial charge in [0, 0.05) is 12.6 Å². The van der Waals surface area contributed by atoms with Crippen molar-refractivity contribution < 1.29 is 4.79 Å². The van der Waals surface area contributed by atoms with Crippen molar-refractivity contribution in [1.29, 1.82) is 0 Å². The quantitative estimate of drug-likeness (QED) is 0.477. The molecule has 0 heterocycles. The van der Waals surface area contributed by atoms with Crippen molar-refractivity contribution in [3.8, 4) is 0 Å². The minimum atomic E-state index is -0.507. The lowest BCUT2D eigenvalue weighted by Crippen LogP contribution is -2.42. The first-order valence-corrected chi connectivity index (χ1v) is 2.96. The third-order valence-electron chi connectivity index (χ3n) is 1.12. The molecule has 5 N–H and O–H groups in total. The first-order chi connectivity index (χ1) is 4.20. The fourth-order valence-electron chi connectivity index (χ4n) is 0.529. The van der Waals surface area contributed by atoms with Crippen molar-refractivity contribution in [3.05, 3.63) is 0 Å². The van der Waals surface area contributed by atoms with Gasteiger partial charge in [-0.05, 0) is 6.42 Å². The molecule has 0 aliphatic heterocycles. The SMILES string of the molecule is CCC(CN)NC(N)=O. The number of carbonyl (C=O) groups excluding carboxylic acids is 1. The van der Waals surface area contributed by atoms with Crippen LogP contribution < -0.4 is 16.8 Å². The number of amides is 2. The summed E-state index contributed by atoms with van der Waals surface area (Å²) in [6, 6.07) is -0.477. The number of nitrogens with one attached hydrogen (secondary N) is 1. The van der Waals surface area contributed by atoms with Crippen molar-refractivity contribution >= 4 is 6.03 Å². The van der Waals surface area contributed by atoms with Crippen LogP contribution in [-0.2, 0) is 0 Å². The molecule has 1 atom stereocenters. The van der Waals surface area contributed by atoms with Crippen LogP contribution in [0, 0.1) is 0 Å². The average Bonchev–Trinajstić information content (AvgIpc) is 1.82. The summed E-state index contributed by atoms with van der Waals surface area (Å²) < 4.78 is 0. The molecule has 54 valence electrons. The Labute approximate surface area is 54.6 Å². The van der Waals surface area contributed by atoms with Gasteiger partial charge < -0.3 is 16.8 Å². The Morgan fingerprint density at radius 3 is 2.44 bits per heavy atom. The molecule has 0 aromatic rings. The normalized spacial score (nSPS) is 12.7. The van der Waals surface area contributed by atoms with Crippen molar-refractivity contribution in [3.63, 3.8) is 0 Å². The van der Waals surface area contributed by atoms with Crippen molar-refractivity contribution in [2.75, 3.05) is 6.54 Å². The first kappa shape index (κ1) is 8.23. The number of hydrogen-bond donors (Lipinski definition) is 3. The zero-order valence-corrected chi connectivity index (χ0v) is 5.55. The van der Waals surface area contributed by atoms with E-state index in [0.717, 1.165) is 6.42 Å². The fraction of sp³-hybridized carbons (Fsp3) is 0.800. The molecule has 0 aliphatic carbocycles. The summed E-state index contributed by atoms with van der Waals surface area (Å²) in [4.78, 5) is 10.2. The van der Waals surface area contributed by atoms with E-state index < -0.39 is 6.03 Å². The summed E-state index contributed by atoms with van der Waals surface area (Å²) >= 11 is 0. The van der Waals surface area contributed by atoms with Crippen molar-refractivity contribution in [2.24, 2.45) is 11.5 Å². The van der Waals surface area contributed by atoms with Gasteiger partial charge in [0.2, 0.25) is 0 Å². The van der Waals surface area contributed by atoms with Crippen LogP contribution in [0.3, 0.4) is 0 Å². The van der Waals surface area contributed by atoms with Crippen LogP contribution in [0.25, 0.3) is 0 Å². The number of carbonyl (C=O) groups is 1. The molecular weight excluding hydrogens is 118 g/mol. The molecule has 4 nitrogen and oxygen atoms in total. The Balaban J connectivity index is 3.43. The molecule has 0 fully saturated rings. The Bertz CT molecular complexity index is 90.2. The molecule has 0 saturated heterocycles. The topological polar surface area (TPSA) is 81.1 Å². The molecular formula is C5H13N3O. The van der Waals surface area contributed by atoms with Crippen molar-refractivity contribution in [1.82, 2.24) is 5.32 Å². The van der Waals surface area contributed by atoms with Gasteiger partial charge in [0.05, 0.1) is 0 Å². The Morgan fingerprint density at radius 2 is 2.33 bits per heavy atom. The lowest BCUT2D eigenvalue weighted by Gasteiger charge is -2.11. The van der Waals surface area contributed by atoms with Crippen molar-refractivity contribution in [2.45, 2.75) is 19.4 Å². The monoisotopic (exact) mass is 131 g/mol. The predicted molar refractivity (Wildman–Crippen MR) is 35.9 cm³/mol. The zero-order chi connectivity index (χ0) is 7.28. The second-order valence-electron chi connectivity index (χ2n) is 1.85. The van der Waals surface area contributed by atoms with E-state index in [2.05, 4.69) is 5.32 Å². The molecule has 2 amide bonds. The standard InChI is InChI=1S/C5H13N3O/c1-2-4(3-6)8-5(7)9/h4H,2-3,6H2,1H3,(H3,7,8,9). The molecule has 0 bridgehead atoms. The second-order valence-corrected chi connectivity index (χ2v) is 1.85. The van der Waals surface area contributed by atoms with Gasteiger partial charge in [-0.1, -0.05) is 6.92 Å². The van der Waals surface area contributed by atoms with Gasteiger partial charge in [0.1, 0.15) is 0 Å². The summed E-state index contributed by atoms with van der Waals surface area (Å²) in [6.07, 6.45) is 0.819. The number of rotatable bonds is 3. The van der Waals surface area contributed by atoms with Gasteiger partial charge in [0.15, 0.2) is 0 Å². The van der Waals surface area contributed by atoms with E-state index >= 15 is 0 Å². The third kappa shape index (κ3) is 3.78. The number of nitrogens with two attached hydrogens (primary N) is 2. The number of hydrogen-bond acceptors (Lipinski definition) is 2. The van der Waals surface area contributed by atoms with Gasteiger partial charge >= 0.3 is 6.03 Å². The van der Waals surface area contributed by atoms with E-state index in [-0.39, 0.29) is 6.04 Å². The van der Waals surface area contributed by atoms with Crippen LogP contribution in [0.1, 0.15) is 13.3 Å². The summed E-state index contributed by atoms with van der Waals surface area (Å²) in [5, 5.41) is 2.49. The minimum Gasteiger partial charge on any atom is -0.352 e. The first-order valence-electron chi connectivity index (χ1n) is 2.96. The van der Waals surface area contributed by atoms with Crippen LogP contribution in [-0.4, -0.2) is 18.6 Å². The van der Waals surface area contributed by atoms with Gasteiger partial charge in [-0.3, -0.25) is 0 Å². The molecule has 0 saturated carbocycles. The number of primary amides is 1. The Hall–Kier alpha value is -0.770. The highest BCUT2D eigenvalue weighted by Crippen LogP contribution is 1.84. The molecule has 0 aromatic heterocycles. The van der Waals surface area contributed by atoms with Gasteiger partial charge in [-0.25, -0.2) is 4.79 Å². The fourth-order valence-corrected chi connectivity index (χ4v) is 0.529. The van der Waals surface area contributed by atoms with E-state index in [1.54, 1.807) is 0 Å². The van der Waals surface area contributed by atoms with E-state index in [1.165, 1.54) is 0 Å². The summed E-state index contributed by atoms with van der Waals surface area (Å²) in [7, 11) is 0. The summed E-state index contributed by atoms with van der Waals surface area (Å²) in [5.74, 6) is 0. The van der Waals surface area contributed by atoms with Gasteiger partial charge in [0.25, 0.3) is 0 Å². The highest BCUT2D eigenvalue weighted by molar-refractivity contribution is 5.71. The average molecular weight is 131 g/mol.